The van der Waals surface area contributed by atoms with Gasteiger partial charge in [0.1, 0.15) is 4.99 Å². The molecule has 0 aliphatic heterocycles. The number of urea groups is 1. The minimum absolute atomic E-state index is 0.0411. The van der Waals surface area contributed by atoms with Gasteiger partial charge in [-0.1, -0.05) is 54.2 Å². The summed E-state index contributed by atoms with van der Waals surface area (Å²) in [4.78, 5) is 21.4. The van der Waals surface area contributed by atoms with E-state index in [0.29, 0.717) is 12.2 Å². The zero-order chi connectivity index (χ0) is 21.3. The zero-order valence-electron chi connectivity index (χ0n) is 14.3. The number of hydrogen-bond donors (Lipinski definition) is 4. The van der Waals surface area contributed by atoms with Crippen molar-refractivity contribution in [3.8, 4) is 0 Å². The highest BCUT2D eigenvalue weighted by Gasteiger charge is 2.68. The Balaban J connectivity index is 2.74. The van der Waals surface area contributed by atoms with E-state index in [2.05, 4.69) is 5.32 Å². The van der Waals surface area contributed by atoms with Gasteiger partial charge in [0.15, 0.2) is 10.5 Å². The highest BCUT2D eigenvalue weighted by Crippen LogP contribution is 2.54. The lowest BCUT2D eigenvalue weighted by molar-refractivity contribution is -0.209. The maximum Gasteiger partial charge on any atom is 0.408 e. The van der Waals surface area contributed by atoms with Gasteiger partial charge in [-0.15, -0.1) is 0 Å². The predicted octanol–water partition coefficient (Wildman–Crippen LogP) is 3.07. The van der Waals surface area contributed by atoms with Gasteiger partial charge in [-0.25, -0.2) is 4.79 Å². The molecule has 150 valence electrons. The van der Waals surface area contributed by atoms with E-state index in [0.717, 1.165) is 6.08 Å². The number of para-hydroxylation sites is 1. The minimum atomic E-state index is -5.21. The lowest BCUT2D eigenvalue weighted by atomic mass is 9.74. The van der Waals surface area contributed by atoms with Crippen molar-refractivity contribution in [1.29, 1.82) is 0 Å². The Labute approximate surface area is 168 Å². The SMILES string of the molecule is CC(=O)Nc1ccccc1C1=CC(C(=S)NC(N)=O)(C(F)(F)F)C(O)(Cl)C=C1. The fourth-order valence-corrected chi connectivity index (χ4v) is 3.57. The molecule has 1 aromatic carbocycles. The van der Waals surface area contributed by atoms with Crippen molar-refractivity contribution in [3.05, 3.63) is 48.1 Å². The van der Waals surface area contributed by atoms with Crippen molar-refractivity contribution in [1.82, 2.24) is 5.32 Å². The molecule has 1 aliphatic carbocycles. The molecule has 28 heavy (non-hydrogen) atoms. The summed E-state index contributed by atoms with van der Waals surface area (Å²) in [5.41, 5.74) is 1.95. The second-order valence-corrected chi connectivity index (χ2v) is 6.94. The number of halogens is 4. The lowest BCUT2D eigenvalue weighted by Gasteiger charge is -2.43. The fraction of sp³-hybridized carbons (Fsp3) is 0.235. The normalized spacial score (nSPS) is 24.3. The topological polar surface area (TPSA) is 104 Å². The summed E-state index contributed by atoms with van der Waals surface area (Å²) in [5, 5.41) is 11.5. The first-order valence-corrected chi connectivity index (χ1v) is 8.48. The van der Waals surface area contributed by atoms with Gasteiger partial charge < -0.3 is 21.5 Å². The van der Waals surface area contributed by atoms with E-state index in [1.165, 1.54) is 19.1 Å². The Bertz CT molecular complexity index is 899. The molecule has 11 heteroatoms. The van der Waals surface area contributed by atoms with Crippen LogP contribution in [0.1, 0.15) is 12.5 Å². The van der Waals surface area contributed by atoms with E-state index in [1.807, 2.05) is 0 Å². The number of nitrogens with one attached hydrogen (secondary N) is 2. The molecule has 6 nitrogen and oxygen atoms in total. The first-order valence-electron chi connectivity index (χ1n) is 7.70. The second-order valence-electron chi connectivity index (χ2n) is 5.96. The van der Waals surface area contributed by atoms with Crippen LogP contribution in [0.3, 0.4) is 0 Å². The summed E-state index contributed by atoms with van der Waals surface area (Å²) < 4.78 is 42.4. The van der Waals surface area contributed by atoms with Gasteiger partial charge in [0.25, 0.3) is 0 Å². The van der Waals surface area contributed by atoms with Gasteiger partial charge in [0, 0.05) is 18.2 Å². The number of primary amides is 1. The minimum Gasteiger partial charge on any atom is -0.370 e. The third kappa shape index (κ3) is 3.89. The molecule has 3 amide bonds. The lowest BCUT2D eigenvalue weighted by Crippen LogP contribution is -2.61. The van der Waals surface area contributed by atoms with Crippen molar-refractivity contribution in [2.75, 3.05) is 5.32 Å². The Morgan fingerprint density at radius 2 is 1.89 bits per heavy atom. The van der Waals surface area contributed by atoms with Gasteiger partial charge >= 0.3 is 12.2 Å². The summed E-state index contributed by atoms with van der Waals surface area (Å²) in [6.07, 6.45) is -2.75. The van der Waals surface area contributed by atoms with Crippen LogP contribution >= 0.6 is 23.8 Å². The van der Waals surface area contributed by atoms with Crippen LogP contribution in [-0.4, -0.2) is 33.3 Å². The van der Waals surface area contributed by atoms with Crippen molar-refractivity contribution in [2.45, 2.75) is 18.2 Å². The Hall–Kier alpha value is -2.43. The molecule has 1 aromatic rings. The smallest absolute Gasteiger partial charge is 0.370 e. The average molecular weight is 434 g/mol. The molecule has 0 heterocycles. The molecule has 0 saturated heterocycles. The molecule has 0 fully saturated rings. The second kappa shape index (κ2) is 7.53. The number of amides is 3. The van der Waals surface area contributed by atoms with Gasteiger partial charge in [0.05, 0.1) is 0 Å². The summed E-state index contributed by atoms with van der Waals surface area (Å²) in [6.45, 7) is 1.24. The molecule has 0 spiro atoms. The molecular weight excluding hydrogens is 419 g/mol. The van der Waals surface area contributed by atoms with E-state index in [-0.39, 0.29) is 16.8 Å². The molecular formula is C17H15ClF3N3O3S. The summed E-state index contributed by atoms with van der Waals surface area (Å²) in [7, 11) is 0. The monoisotopic (exact) mass is 433 g/mol. The van der Waals surface area contributed by atoms with Crippen molar-refractivity contribution in [3.63, 3.8) is 0 Å². The van der Waals surface area contributed by atoms with Crippen LogP contribution < -0.4 is 16.4 Å². The third-order valence-corrected chi connectivity index (χ3v) is 4.85. The third-order valence-electron chi connectivity index (χ3n) is 4.00. The zero-order valence-corrected chi connectivity index (χ0v) is 15.9. The number of anilines is 1. The van der Waals surface area contributed by atoms with Crippen molar-refractivity contribution >= 4 is 52.0 Å². The van der Waals surface area contributed by atoms with E-state index in [1.54, 1.807) is 17.4 Å². The van der Waals surface area contributed by atoms with Gasteiger partial charge in [-0.3, -0.25) is 4.79 Å². The van der Waals surface area contributed by atoms with Crippen LogP contribution in [0.2, 0.25) is 0 Å². The number of carbonyl (C=O) groups is 2. The van der Waals surface area contributed by atoms with Crippen LogP contribution in [0.25, 0.3) is 5.57 Å². The highest BCUT2D eigenvalue weighted by molar-refractivity contribution is 7.80. The number of nitrogens with two attached hydrogens (primary N) is 1. The fourth-order valence-electron chi connectivity index (χ4n) is 2.76. The predicted molar refractivity (Wildman–Crippen MR) is 102 cm³/mol. The molecule has 0 aromatic heterocycles. The number of rotatable bonds is 3. The summed E-state index contributed by atoms with van der Waals surface area (Å²) >= 11 is 10.5. The van der Waals surface area contributed by atoms with Crippen LogP contribution in [-0.2, 0) is 4.79 Å². The van der Waals surface area contributed by atoms with Gasteiger partial charge in [-0.05, 0) is 17.7 Å². The number of thiocarbonyl (C=S) groups is 1. The van der Waals surface area contributed by atoms with Gasteiger partial charge in [-0.2, -0.15) is 13.2 Å². The summed E-state index contributed by atoms with van der Waals surface area (Å²) in [6, 6.07) is 4.74. The summed E-state index contributed by atoms with van der Waals surface area (Å²) in [5.74, 6) is -0.435. The molecule has 2 unspecified atom stereocenters. The van der Waals surface area contributed by atoms with E-state index in [4.69, 9.17) is 29.6 Å². The van der Waals surface area contributed by atoms with Gasteiger partial charge in [0.2, 0.25) is 5.91 Å². The Morgan fingerprint density at radius 1 is 1.29 bits per heavy atom. The number of allylic oxidation sites excluding steroid dienone is 2. The van der Waals surface area contributed by atoms with E-state index in [9.17, 15) is 27.9 Å². The average Bonchev–Trinajstić information content (AvgIpc) is 2.53. The first-order chi connectivity index (χ1) is 12.8. The number of carbonyl (C=O) groups excluding carboxylic acids is 2. The molecule has 0 radical (unpaired) electrons. The Morgan fingerprint density at radius 3 is 2.43 bits per heavy atom. The molecule has 0 saturated carbocycles. The molecule has 2 rings (SSSR count). The highest BCUT2D eigenvalue weighted by atomic mass is 35.5. The Kier molecular flexibility index (Phi) is 5.88. The van der Waals surface area contributed by atoms with Crippen LogP contribution in [0, 0.1) is 5.41 Å². The van der Waals surface area contributed by atoms with Crippen LogP contribution in [0.15, 0.2) is 42.5 Å². The largest absolute Gasteiger partial charge is 0.408 e. The van der Waals surface area contributed by atoms with E-state index < -0.39 is 33.6 Å². The quantitative estimate of drug-likeness (QED) is 0.434. The van der Waals surface area contributed by atoms with Crippen LogP contribution in [0.4, 0.5) is 23.7 Å². The maximum atomic E-state index is 14.1. The maximum absolute atomic E-state index is 14.1. The van der Waals surface area contributed by atoms with Crippen molar-refractivity contribution in [2.24, 2.45) is 11.1 Å². The van der Waals surface area contributed by atoms with Crippen molar-refractivity contribution < 1.29 is 27.9 Å². The van der Waals surface area contributed by atoms with Crippen LogP contribution in [0.5, 0.6) is 0 Å². The standard InChI is InChI=1S/C17H15ClF3N3O3S/c1-9(25)23-12-5-3-2-4-11(12)10-6-7-16(18,27)15(8-10,17(19,20)21)13(28)24-14(22)26/h2-8,27H,1H3,(H,23,25)(H3,22,24,26,28). The molecule has 1 aliphatic rings. The first kappa shape index (κ1) is 21.9. The molecule has 0 bridgehead atoms. The number of hydrogen-bond acceptors (Lipinski definition) is 4. The number of benzene rings is 1. The number of aliphatic hydroxyl groups is 1. The van der Waals surface area contributed by atoms with E-state index >= 15 is 0 Å². The number of alkyl halides is 4. The molecule has 5 N–H and O–H groups in total. The molecule has 2 atom stereocenters.